The molecule has 2 N–H and O–H groups in total. The number of nitrogens with one attached hydrogen (secondary N) is 2. The molecule has 2 aliphatic rings. The Bertz CT molecular complexity index is 503. The van der Waals surface area contributed by atoms with Gasteiger partial charge in [0.15, 0.2) is 0 Å². The van der Waals surface area contributed by atoms with E-state index < -0.39 is 17.6 Å². The molecule has 2 unspecified atom stereocenters. The molecule has 2 fully saturated rings. The number of piperazine rings is 1. The van der Waals surface area contributed by atoms with E-state index in [2.05, 4.69) is 10.6 Å². The Morgan fingerprint density at radius 3 is 2.28 bits per heavy atom. The second-order valence-electron chi connectivity index (χ2n) is 7.73. The molecular weight excluding hydrogens is 324 g/mol. The second-order valence-corrected chi connectivity index (χ2v) is 7.73. The zero-order valence-corrected chi connectivity index (χ0v) is 15.6. The molecular formula is C17H30N4O4. The number of carbonyl (C=O) groups is 3. The summed E-state index contributed by atoms with van der Waals surface area (Å²) in [5.41, 5.74) is -0.401. The molecule has 2 aliphatic heterocycles. The van der Waals surface area contributed by atoms with Crippen molar-refractivity contribution in [2.45, 2.75) is 58.2 Å². The molecule has 2 heterocycles. The lowest BCUT2D eigenvalue weighted by atomic mass is 10.1. The molecule has 0 aromatic heterocycles. The SMILES string of the molecule is CC(C(=O)NC(=O)NC(C)(C)C)N1CCN(C(=O)C2CCCO2)CC1. The van der Waals surface area contributed by atoms with E-state index in [9.17, 15) is 14.4 Å². The summed E-state index contributed by atoms with van der Waals surface area (Å²) in [6, 6.07) is -0.915. The van der Waals surface area contributed by atoms with Crippen LogP contribution in [0.3, 0.4) is 0 Å². The fourth-order valence-electron chi connectivity index (χ4n) is 3.06. The van der Waals surface area contributed by atoms with Crippen LogP contribution in [-0.4, -0.2) is 78.1 Å². The number of ether oxygens (including phenoxy) is 1. The van der Waals surface area contributed by atoms with Gasteiger partial charge in [-0.15, -0.1) is 0 Å². The van der Waals surface area contributed by atoms with Gasteiger partial charge >= 0.3 is 6.03 Å². The number of amides is 4. The van der Waals surface area contributed by atoms with E-state index in [4.69, 9.17) is 4.74 Å². The standard InChI is InChI=1S/C17H30N4O4/c1-12(14(22)18-16(24)19-17(2,3)4)20-7-9-21(10-8-20)15(23)13-6-5-11-25-13/h12-13H,5-11H2,1-4H3,(H2,18,19,22,24). The first-order valence-corrected chi connectivity index (χ1v) is 8.95. The maximum Gasteiger partial charge on any atom is 0.321 e. The van der Waals surface area contributed by atoms with Gasteiger partial charge in [0.1, 0.15) is 6.10 Å². The smallest absolute Gasteiger partial charge is 0.321 e. The van der Waals surface area contributed by atoms with Crippen molar-refractivity contribution in [2.24, 2.45) is 0 Å². The fourth-order valence-corrected chi connectivity index (χ4v) is 3.06. The molecule has 8 nitrogen and oxygen atoms in total. The van der Waals surface area contributed by atoms with Crippen LogP contribution in [0.15, 0.2) is 0 Å². The van der Waals surface area contributed by atoms with Crippen molar-refractivity contribution < 1.29 is 19.1 Å². The summed E-state index contributed by atoms with van der Waals surface area (Å²) in [4.78, 5) is 40.2. The molecule has 0 radical (unpaired) electrons. The van der Waals surface area contributed by atoms with Gasteiger partial charge < -0.3 is 15.0 Å². The number of imide groups is 1. The van der Waals surface area contributed by atoms with E-state index in [1.165, 1.54) is 0 Å². The molecule has 2 rings (SSSR count). The average molecular weight is 354 g/mol. The number of carbonyl (C=O) groups excluding carboxylic acids is 3. The molecule has 8 heteroatoms. The Morgan fingerprint density at radius 1 is 1.12 bits per heavy atom. The van der Waals surface area contributed by atoms with E-state index in [0.29, 0.717) is 32.8 Å². The van der Waals surface area contributed by atoms with Gasteiger partial charge in [-0.1, -0.05) is 0 Å². The number of hydrogen-bond acceptors (Lipinski definition) is 5. The summed E-state index contributed by atoms with van der Waals surface area (Å²) in [7, 11) is 0. The third-order valence-electron chi connectivity index (χ3n) is 4.48. The molecule has 2 saturated heterocycles. The van der Waals surface area contributed by atoms with Gasteiger partial charge in [-0.25, -0.2) is 4.79 Å². The summed E-state index contributed by atoms with van der Waals surface area (Å²) >= 11 is 0. The van der Waals surface area contributed by atoms with E-state index in [-0.39, 0.29) is 17.9 Å². The first-order chi connectivity index (χ1) is 11.7. The lowest BCUT2D eigenvalue weighted by Crippen LogP contribution is -2.58. The van der Waals surface area contributed by atoms with Crippen LogP contribution >= 0.6 is 0 Å². The monoisotopic (exact) mass is 354 g/mol. The molecule has 0 saturated carbocycles. The maximum atomic E-state index is 12.3. The third-order valence-corrected chi connectivity index (χ3v) is 4.48. The number of rotatable bonds is 3. The third kappa shape index (κ3) is 5.67. The minimum absolute atomic E-state index is 0.0545. The average Bonchev–Trinajstić information content (AvgIpc) is 3.06. The molecule has 2 atom stereocenters. The lowest BCUT2D eigenvalue weighted by Gasteiger charge is -2.38. The Morgan fingerprint density at radius 2 is 1.76 bits per heavy atom. The summed E-state index contributed by atoms with van der Waals surface area (Å²) in [6.07, 6.45) is 1.43. The highest BCUT2D eigenvalue weighted by Crippen LogP contribution is 2.16. The summed E-state index contributed by atoms with van der Waals surface area (Å²) in [5, 5.41) is 5.09. The lowest BCUT2D eigenvalue weighted by molar-refractivity contribution is -0.143. The highest BCUT2D eigenvalue weighted by Gasteiger charge is 2.32. The van der Waals surface area contributed by atoms with E-state index >= 15 is 0 Å². The fraction of sp³-hybridized carbons (Fsp3) is 0.824. The van der Waals surface area contributed by atoms with Gasteiger partial charge in [0.05, 0.1) is 6.04 Å². The topological polar surface area (TPSA) is 91.0 Å². The van der Waals surface area contributed by atoms with Gasteiger partial charge in [-0.3, -0.25) is 19.8 Å². The van der Waals surface area contributed by atoms with E-state index in [1.54, 1.807) is 6.92 Å². The summed E-state index contributed by atoms with van der Waals surface area (Å²) < 4.78 is 5.45. The van der Waals surface area contributed by atoms with Crippen LogP contribution in [-0.2, 0) is 14.3 Å². The number of urea groups is 1. The van der Waals surface area contributed by atoms with Crippen molar-refractivity contribution in [3.05, 3.63) is 0 Å². The predicted molar refractivity (Wildman–Crippen MR) is 93.0 cm³/mol. The maximum absolute atomic E-state index is 12.3. The largest absolute Gasteiger partial charge is 0.368 e. The minimum Gasteiger partial charge on any atom is -0.368 e. The normalized spacial score (nSPS) is 23.2. The minimum atomic E-state index is -0.489. The van der Waals surface area contributed by atoms with E-state index in [1.807, 2.05) is 30.6 Å². The summed E-state index contributed by atoms with van der Waals surface area (Å²) in [6.45, 7) is 10.3. The van der Waals surface area contributed by atoms with Gasteiger partial charge in [-0.05, 0) is 40.5 Å². The van der Waals surface area contributed by atoms with Gasteiger partial charge in [0.2, 0.25) is 5.91 Å². The second kappa shape index (κ2) is 8.14. The molecule has 0 aliphatic carbocycles. The predicted octanol–water partition coefficient (Wildman–Crippen LogP) is 0.322. The van der Waals surface area contributed by atoms with Crippen molar-refractivity contribution >= 4 is 17.8 Å². The van der Waals surface area contributed by atoms with E-state index in [0.717, 1.165) is 12.8 Å². The Labute approximate surface area is 149 Å². The quantitative estimate of drug-likeness (QED) is 0.762. The molecule has 142 valence electrons. The first kappa shape index (κ1) is 19.7. The van der Waals surface area contributed by atoms with Crippen LogP contribution < -0.4 is 10.6 Å². The number of nitrogens with zero attached hydrogens (tertiary/aromatic N) is 2. The Hall–Kier alpha value is -1.67. The van der Waals surface area contributed by atoms with Crippen LogP contribution in [0.1, 0.15) is 40.5 Å². The molecule has 0 aromatic rings. The van der Waals surface area contributed by atoms with Crippen molar-refractivity contribution in [1.29, 1.82) is 0 Å². The van der Waals surface area contributed by atoms with Gasteiger partial charge in [-0.2, -0.15) is 0 Å². The van der Waals surface area contributed by atoms with Crippen molar-refractivity contribution in [1.82, 2.24) is 20.4 Å². The highest BCUT2D eigenvalue weighted by molar-refractivity contribution is 5.97. The number of hydrogen-bond donors (Lipinski definition) is 2. The van der Waals surface area contributed by atoms with Crippen LogP contribution in [0.5, 0.6) is 0 Å². The van der Waals surface area contributed by atoms with Gasteiger partial charge in [0, 0.05) is 38.3 Å². The van der Waals surface area contributed by atoms with Crippen LogP contribution in [0.4, 0.5) is 4.79 Å². The Balaban J connectivity index is 1.78. The van der Waals surface area contributed by atoms with Crippen LogP contribution in [0.2, 0.25) is 0 Å². The van der Waals surface area contributed by atoms with Crippen LogP contribution in [0.25, 0.3) is 0 Å². The zero-order chi connectivity index (χ0) is 18.6. The first-order valence-electron chi connectivity index (χ1n) is 8.95. The molecule has 25 heavy (non-hydrogen) atoms. The Kier molecular flexibility index (Phi) is 6.40. The van der Waals surface area contributed by atoms with Gasteiger partial charge in [0.25, 0.3) is 5.91 Å². The van der Waals surface area contributed by atoms with Crippen molar-refractivity contribution in [3.63, 3.8) is 0 Å². The van der Waals surface area contributed by atoms with Crippen molar-refractivity contribution in [3.8, 4) is 0 Å². The van der Waals surface area contributed by atoms with Crippen LogP contribution in [0, 0.1) is 0 Å². The zero-order valence-electron chi connectivity index (χ0n) is 15.6. The van der Waals surface area contributed by atoms with Crippen molar-refractivity contribution in [2.75, 3.05) is 32.8 Å². The molecule has 0 bridgehead atoms. The molecule has 4 amide bonds. The molecule has 0 spiro atoms. The highest BCUT2D eigenvalue weighted by atomic mass is 16.5. The summed E-state index contributed by atoms with van der Waals surface area (Å²) in [5.74, 6) is -0.278. The molecule has 0 aromatic carbocycles.